The lowest BCUT2D eigenvalue weighted by molar-refractivity contribution is 0.974. The van der Waals surface area contributed by atoms with Crippen LogP contribution in [0.5, 0.6) is 0 Å². The third kappa shape index (κ3) is 2.86. The molecule has 1 aromatic carbocycles. The molecule has 1 unspecified atom stereocenters. The summed E-state index contributed by atoms with van der Waals surface area (Å²) < 4.78 is 0. The summed E-state index contributed by atoms with van der Waals surface area (Å²) in [6.07, 6.45) is 1.74. The Bertz CT molecular complexity index is 567. The molecule has 0 saturated heterocycles. The Labute approximate surface area is 107 Å². The minimum absolute atomic E-state index is 0.375. The fraction of sp³-hybridized carbons (Fsp3) is 0.200. The summed E-state index contributed by atoms with van der Waals surface area (Å²) in [6, 6.07) is 13.7. The van der Waals surface area contributed by atoms with Gasteiger partial charge in [0.05, 0.1) is 6.07 Å². The third-order valence-corrected chi connectivity index (χ3v) is 2.73. The van der Waals surface area contributed by atoms with Crippen LogP contribution in [0.2, 0.25) is 0 Å². The summed E-state index contributed by atoms with van der Waals surface area (Å²) in [5.74, 6) is 0. The molecule has 0 aliphatic carbocycles. The Kier molecular flexibility index (Phi) is 3.59. The number of anilines is 1. The van der Waals surface area contributed by atoms with Gasteiger partial charge in [0.15, 0.2) is 0 Å². The predicted molar refractivity (Wildman–Crippen MR) is 72.1 cm³/mol. The van der Waals surface area contributed by atoms with Crippen molar-refractivity contribution in [2.45, 2.75) is 19.9 Å². The maximum Gasteiger partial charge on any atom is 0.141 e. The van der Waals surface area contributed by atoms with Crippen LogP contribution in [0.3, 0.4) is 0 Å². The van der Waals surface area contributed by atoms with E-state index in [-0.39, 0.29) is 6.04 Å². The van der Waals surface area contributed by atoms with E-state index in [0.717, 1.165) is 16.9 Å². The number of nitriles is 1. The number of hydrogen-bond donors (Lipinski definition) is 1. The van der Waals surface area contributed by atoms with Crippen LogP contribution in [0.15, 0.2) is 42.6 Å². The lowest BCUT2D eigenvalue weighted by atomic mass is 10.1. The number of hydrogen-bond acceptors (Lipinski definition) is 3. The second kappa shape index (κ2) is 5.33. The molecule has 1 aromatic heterocycles. The van der Waals surface area contributed by atoms with Crippen LogP contribution >= 0.6 is 0 Å². The van der Waals surface area contributed by atoms with Gasteiger partial charge >= 0.3 is 0 Å². The first-order valence-electron chi connectivity index (χ1n) is 5.84. The first-order valence-corrected chi connectivity index (χ1v) is 5.84. The Morgan fingerprint density at radius 1 is 1.22 bits per heavy atom. The number of benzene rings is 1. The SMILES string of the molecule is Cc1cccc(NC(C#N)c2ccc(C)nc2)c1. The topological polar surface area (TPSA) is 48.7 Å². The average Bonchev–Trinajstić information content (AvgIpc) is 2.37. The highest BCUT2D eigenvalue weighted by atomic mass is 14.9. The Balaban J connectivity index is 2.20. The van der Waals surface area contributed by atoms with E-state index in [9.17, 15) is 5.26 Å². The molecule has 0 amide bonds. The maximum atomic E-state index is 9.24. The molecule has 2 rings (SSSR count). The van der Waals surface area contributed by atoms with E-state index in [1.54, 1.807) is 6.20 Å². The van der Waals surface area contributed by atoms with Crippen molar-refractivity contribution in [3.63, 3.8) is 0 Å². The fourth-order valence-electron chi connectivity index (χ4n) is 1.74. The van der Waals surface area contributed by atoms with Crippen molar-refractivity contribution in [2.24, 2.45) is 0 Å². The van der Waals surface area contributed by atoms with Crippen molar-refractivity contribution < 1.29 is 0 Å². The predicted octanol–water partition coefficient (Wildman–Crippen LogP) is 3.38. The van der Waals surface area contributed by atoms with Crippen molar-refractivity contribution in [3.8, 4) is 6.07 Å². The standard InChI is InChI=1S/C15H15N3/c1-11-4-3-5-14(8-11)18-15(9-16)13-7-6-12(2)17-10-13/h3-8,10,15,18H,1-2H3. The summed E-state index contributed by atoms with van der Waals surface area (Å²) in [6.45, 7) is 3.96. The summed E-state index contributed by atoms with van der Waals surface area (Å²) in [5, 5.41) is 12.4. The third-order valence-electron chi connectivity index (χ3n) is 2.73. The van der Waals surface area contributed by atoms with Crippen LogP contribution in [-0.4, -0.2) is 4.98 Å². The number of aromatic nitrogens is 1. The molecule has 2 aromatic rings. The summed E-state index contributed by atoms with van der Waals surface area (Å²) in [5.41, 5.74) is 3.94. The minimum Gasteiger partial charge on any atom is -0.366 e. The Hall–Kier alpha value is -2.34. The van der Waals surface area contributed by atoms with E-state index in [0.29, 0.717) is 0 Å². The molecule has 90 valence electrons. The maximum absolute atomic E-state index is 9.24. The summed E-state index contributed by atoms with van der Waals surface area (Å²) in [7, 11) is 0. The molecule has 0 aliphatic rings. The molecule has 18 heavy (non-hydrogen) atoms. The van der Waals surface area contributed by atoms with Gasteiger partial charge in [-0.25, -0.2) is 0 Å². The highest BCUT2D eigenvalue weighted by Crippen LogP contribution is 2.19. The number of aryl methyl sites for hydroxylation is 2. The van der Waals surface area contributed by atoms with E-state index in [1.807, 2.05) is 50.2 Å². The summed E-state index contributed by atoms with van der Waals surface area (Å²) >= 11 is 0. The van der Waals surface area contributed by atoms with Crippen LogP contribution in [0.25, 0.3) is 0 Å². The zero-order chi connectivity index (χ0) is 13.0. The number of nitrogens with zero attached hydrogens (tertiary/aromatic N) is 2. The van der Waals surface area contributed by atoms with Gasteiger partial charge in [-0.2, -0.15) is 5.26 Å². The molecule has 3 nitrogen and oxygen atoms in total. The quantitative estimate of drug-likeness (QED) is 0.890. The highest BCUT2D eigenvalue weighted by Gasteiger charge is 2.10. The normalized spacial score (nSPS) is 11.6. The van der Waals surface area contributed by atoms with Gasteiger partial charge in [0.25, 0.3) is 0 Å². The smallest absolute Gasteiger partial charge is 0.141 e. The van der Waals surface area contributed by atoms with Crippen molar-refractivity contribution in [2.75, 3.05) is 5.32 Å². The van der Waals surface area contributed by atoms with Crippen molar-refractivity contribution in [3.05, 3.63) is 59.4 Å². The van der Waals surface area contributed by atoms with Gasteiger partial charge < -0.3 is 5.32 Å². The van der Waals surface area contributed by atoms with Crippen LogP contribution in [0, 0.1) is 25.2 Å². The van der Waals surface area contributed by atoms with Gasteiger partial charge in [0, 0.05) is 23.1 Å². The van der Waals surface area contributed by atoms with E-state index >= 15 is 0 Å². The van der Waals surface area contributed by atoms with Crippen LogP contribution in [0.1, 0.15) is 22.9 Å². The molecule has 0 spiro atoms. The first-order chi connectivity index (χ1) is 8.69. The highest BCUT2D eigenvalue weighted by molar-refractivity contribution is 5.49. The number of rotatable bonds is 3. The molecule has 0 radical (unpaired) electrons. The second-order valence-corrected chi connectivity index (χ2v) is 4.31. The summed E-state index contributed by atoms with van der Waals surface area (Å²) in [4.78, 5) is 4.22. The molecular weight excluding hydrogens is 222 g/mol. The molecule has 0 saturated carbocycles. The Morgan fingerprint density at radius 2 is 2.06 bits per heavy atom. The van der Waals surface area contributed by atoms with Crippen LogP contribution in [0.4, 0.5) is 5.69 Å². The van der Waals surface area contributed by atoms with Gasteiger partial charge in [-0.05, 0) is 37.6 Å². The van der Waals surface area contributed by atoms with E-state index in [4.69, 9.17) is 0 Å². The fourth-order valence-corrected chi connectivity index (χ4v) is 1.74. The van der Waals surface area contributed by atoms with Crippen molar-refractivity contribution in [1.29, 1.82) is 5.26 Å². The molecule has 1 N–H and O–H groups in total. The second-order valence-electron chi connectivity index (χ2n) is 4.31. The lowest BCUT2D eigenvalue weighted by Crippen LogP contribution is -2.09. The van der Waals surface area contributed by atoms with Gasteiger partial charge in [0.1, 0.15) is 6.04 Å². The zero-order valence-electron chi connectivity index (χ0n) is 10.5. The molecule has 0 fully saturated rings. The number of pyridine rings is 1. The first kappa shape index (κ1) is 12.1. The molecule has 3 heteroatoms. The van der Waals surface area contributed by atoms with Gasteiger partial charge in [0.2, 0.25) is 0 Å². The van der Waals surface area contributed by atoms with Crippen LogP contribution < -0.4 is 5.32 Å². The molecule has 0 aliphatic heterocycles. The molecule has 1 atom stereocenters. The van der Waals surface area contributed by atoms with Crippen LogP contribution in [-0.2, 0) is 0 Å². The Morgan fingerprint density at radius 3 is 2.67 bits per heavy atom. The number of nitrogens with one attached hydrogen (secondary N) is 1. The average molecular weight is 237 g/mol. The van der Waals surface area contributed by atoms with Gasteiger partial charge in [-0.1, -0.05) is 18.2 Å². The zero-order valence-corrected chi connectivity index (χ0v) is 10.5. The molecular formula is C15H15N3. The molecule has 0 bridgehead atoms. The van der Waals surface area contributed by atoms with Crippen molar-refractivity contribution in [1.82, 2.24) is 4.98 Å². The van der Waals surface area contributed by atoms with E-state index < -0.39 is 0 Å². The molecule has 1 heterocycles. The lowest BCUT2D eigenvalue weighted by Gasteiger charge is -2.13. The monoisotopic (exact) mass is 237 g/mol. The van der Waals surface area contributed by atoms with Gasteiger partial charge in [-0.15, -0.1) is 0 Å². The van der Waals surface area contributed by atoms with E-state index in [1.165, 1.54) is 5.56 Å². The van der Waals surface area contributed by atoms with Gasteiger partial charge in [-0.3, -0.25) is 4.98 Å². The van der Waals surface area contributed by atoms with E-state index in [2.05, 4.69) is 16.4 Å². The largest absolute Gasteiger partial charge is 0.366 e. The minimum atomic E-state index is -0.375. The van der Waals surface area contributed by atoms with Crippen molar-refractivity contribution >= 4 is 5.69 Å².